The molecule has 0 saturated carbocycles. The van der Waals surface area contributed by atoms with Gasteiger partial charge in [-0.05, 0) is 39.5 Å². The molecule has 0 heterocycles. The van der Waals surface area contributed by atoms with Crippen LogP contribution in [0.2, 0.25) is 0 Å². The van der Waals surface area contributed by atoms with E-state index in [1.807, 2.05) is 0 Å². The van der Waals surface area contributed by atoms with Crippen LogP contribution in [0.15, 0.2) is 12.1 Å². The van der Waals surface area contributed by atoms with Crippen molar-refractivity contribution in [3.05, 3.63) is 34.4 Å². The van der Waals surface area contributed by atoms with E-state index in [2.05, 4.69) is 60.6 Å². The Morgan fingerprint density at radius 2 is 1.19 bits per heavy atom. The van der Waals surface area contributed by atoms with E-state index in [-0.39, 0.29) is 10.8 Å². The first kappa shape index (κ1) is 30.0. The van der Waals surface area contributed by atoms with Gasteiger partial charge < -0.3 is 31.3 Å². The minimum atomic E-state index is -1.11. The second kappa shape index (κ2) is 12.9. The highest BCUT2D eigenvalue weighted by molar-refractivity contribution is 5.47. The first-order valence-electron chi connectivity index (χ1n) is 11.3. The van der Waals surface area contributed by atoms with Gasteiger partial charge in [0.05, 0.1) is 37.9 Å². The number of nitrogens with two attached hydrogens (primary N) is 1. The second-order valence-corrected chi connectivity index (χ2v) is 10.6. The molecule has 1 atom stereocenters. The second-order valence-electron chi connectivity index (χ2n) is 10.6. The van der Waals surface area contributed by atoms with Crippen LogP contribution in [0.5, 0.6) is 0 Å². The fourth-order valence-electron chi connectivity index (χ4n) is 3.27. The molecule has 0 fully saturated rings. The summed E-state index contributed by atoms with van der Waals surface area (Å²) < 4.78 is 0. The molecule has 0 spiro atoms. The monoisotopic (exact) mass is 441 g/mol. The van der Waals surface area contributed by atoms with Crippen LogP contribution >= 0.6 is 0 Å². The Bertz CT molecular complexity index is 590. The summed E-state index contributed by atoms with van der Waals surface area (Å²) in [7, 11) is 0. The van der Waals surface area contributed by atoms with Gasteiger partial charge in [0, 0.05) is 6.54 Å². The van der Waals surface area contributed by atoms with Gasteiger partial charge in [0.2, 0.25) is 0 Å². The summed E-state index contributed by atoms with van der Waals surface area (Å²) in [6.45, 7) is 14.4. The molecule has 0 bridgehead atoms. The van der Waals surface area contributed by atoms with Crippen molar-refractivity contribution in [3.63, 3.8) is 0 Å². The van der Waals surface area contributed by atoms with Gasteiger partial charge in [-0.2, -0.15) is 0 Å². The van der Waals surface area contributed by atoms with Crippen molar-refractivity contribution in [2.75, 3.05) is 26.4 Å². The van der Waals surface area contributed by atoms with Gasteiger partial charge in [-0.1, -0.05) is 73.4 Å². The Hall–Kier alpha value is -1.02. The van der Waals surface area contributed by atoms with Crippen molar-refractivity contribution >= 4 is 0 Å². The topological polar surface area (TPSA) is 127 Å². The fraction of sp³-hybridized carbons (Fsp3) is 0.760. The number of hydrogen-bond donors (Lipinski definition) is 6. The third-order valence-corrected chi connectivity index (χ3v) is 5.60. The maximum absolute atomic E-state index is 10.9. The van der Waals surface area contributed by atoms with Crippen LogP contribution in [-0.4, -0.2) is 52.0 Å². The van der Waals surface area contributed by atoms with Crippen LogP contribution in [0.3, 0.4) is 0 Å². The molecule has 0 aliphatic heterocycles. The third kappa shape index (κ3) is 8.79. The molecule has 1 rings (SSSR count). The molecule has 7 N–H and O–H groups in total. The molecule has 1 aromatic carbocycles. The zero-order chi connectivity index (χ0) is 24.5. The predicted octanol–water partition coefficient (Wildman–Crippen LogP) is 2.91. The molecule has 1 aromatic rings. The average Bonchev–Trinajstić information content (AvgIpc) is 2.72. The molecule has 1 unspecified atom stereocenters. The van der Waals surface area contributed by atoms with Crippen LogP contribution < -0.4 is 5.73 Å². The number of aliphatic hydroxyl groups is 5. The summed E-state index contributed by atoms with van der Waals surface area (Å²) in [5.74, 6) is 0. The molecule has 0 aliphatic rings. The highest BCUT2D eigenvalue weighted by atomic mass is 16.3. The Morgan fingerprint density at radius 1 is 0.806 bits per heavy atom. The van der Waals surface area contributed by atoms with Gasteiger partial charge in [0.15, 0.2) is 0 Å². The molecular weight excluding hydrogens is 394 g/mol. The van der Waals surface area contributed by atoms with Crippen molar-refractivity contribution in [1.82, 2.24) is 0 Å². The third-order valence-electron chi connectivity index (χ3n) is 5.60. The number of hydrogen-bond acceptors (Lipinski definition) is 6. The lowest BCUT2D eigenvalue weighted by molar-refractivity contribution is -0.0328. The number of aliphatic hydroxyl groups excluding tert-OH is 5. The van der Waals surface area contributed by atoms with E-state index in [0.29, 0.717) is 6.54 Å². The maximum atomic E-state index is 10.9. The minimum Gasteiger partial charge on any atom is -0.396 e. The molecule has 6 nitrogen and oxygen atoms in total. The molecule has 0 saturated heterocycles. The van der Waals surface area contributed by atoms with Gasteiger partial charge in [-0.25, -0.2) is 0 Å². The lowest BCUT2D eigenvalue weighted by Crippen LogP contribution is -2.37. The van der Waals surface area contributed by atoms with Crippen LogP contribution in [0, 0.1) is 5.41 Å². The van der Waals surface area contributed by atoms with Crippen molar-refractivity contribution in [2.45, 2.75) is 91.2 Å². The zero-order valence-electron chi connectivity index (χ0n) is 20.7. The molecule has 0 aliphatic carbocycles. The van der Waals surface area contributed by atoms with Gasteiger partial charge in [-0.3, -0.25) is 0 Å². The van der Waals surface area contributed by atoms with E-state index >= 15 is 0 Å². The number of rotatable bonds is 9. The molecule has 0 radical (unpaired) electrons. The van der Waals surface area contributed by atoms with E-state index < -0.39 is 37.9 Å². The molecule has 6 heteroatoms. The van der Waals surface area contributed by atoms with E-state index in [1.165, 1.54) is 11.1 Å². The minimum absolute atomic E-state index is 0.00624. The van der Waals surface area contributed by atoms with Crippen LogP contribution in [0.4, 0.5) is 0 Å². The normalized spacial score (nSPS) is 13.6. The highest BCUT2D eigenvalue weighted by Crippen LogP contribution is 2.39. The lowest BCUT2D eigenvalue weighted by Gasteiger charge is -2.33. The smallest absolute Gasteiger partial charge is 0.0795 e. The molecule has 182 valence electrons. The zero-order valence-corrected chi connectivity index (χ0v) is 20.7. The molecule has 31 heavy (non-hydrogen) atoms. The number of benzene rings is 1. The maximum Gasteiger partial charge on any atom is 0.0795 e. The van der Waals surface area contributed by atoms with Gasteiger partial charge in [0.1, 0.15) is 0 Å². The van der Waals surface area contributed by atoms with E-state index in [4.69, 9.17) is 26.2 Å². The SMILES string of the molecule is CCCCC(O)c1c(C(C)(C)C)cc(CN)cc1C(C)(C)C.OCC(CO)(CO)CO. The summed E-state index contributed by atoms with van der Waals surface area (Å²) in [5, 5.41) is 44.9. The van der Waals surface area contributed by atoms with Crippen LogP contribution in [0.1, 0.15) is 96.1 Å². The van der Waals surface area contributed by atoms with Crippen LogP contribution in [0.25, 0.3) is 0 Å². The van der Waals surface area contributed by atoms with Gasteiger partial charge in [-0.15, -0.1) is 0 Å². The van der Waals surface area contributed by atoms with Crippen molar-refractivity contribution in [1.29, 1.82) is 0 Å². The quantitative estimate of drug-likeness (QED) is 0.350. The lowest BCUT2D eigenvalue weighted by atomic mass is 9.73. The van der Waals surface area contributed by atoms with E-state index in [1.54, 1.807) is 0 Å². The molecular formula is C25H47NO5. The Kier molecular flexibility index (Phi) is 12.5. The Morgan fingerprint density at radius 3 is 1.42 bits per heavy atom. The fourth-order valence-corrected chi connectivity index (χ4v) is 3.27. The van der Waals surface area contributed by atoms with Crippen molar-refractivity contribution in [2.24, 2.45) is 11.1 Å². The average molecular weight is 442 g/mol. The summed E-state index contributed by atoms with van der Waals surface area (Å²) in [4.78, 5) is 0. The summed E-state index contributed by atoms with van der Waals surface area (Å²) in [6, 6.07) is 4.39. The Labute approximate surface area is 189 Å². The highest BCUT2D eigenvalue weighted by Gasteiger charge is 2.29. The van der Waals surface area contributed by atoms with E-state index in [9.17, 15) is 5.11 Å². The largest absolute Gasteiger partial charge is 0.396 e. The van der Waals surface area contributed by atoms with Crippen molar-refractivity contribution in [3.8, 4) is 0 Å². The van der Waals surface area contributed by atoms with Gasteiger partial charge in [0.25, 0.3) is 0 Å². The van der Waals surface area contributed by atoms with Crippen molar-refractivity contribution < 1.29 is 25.5 Å². The molecule has 0 amide bonds. The van der Waals surface area contributed by atoms with E-state index in [0.717, 1.165) is 30.4 Å². The summed E-state index contributed by atoms with van der Waals surface area (Å²) in [6.07, 6.45) is 2.58. The Balaban J connectivity index is 0.000000842. The predicted molar refractivity (Wildman–Crippen MR) is 127 cm³/mol. The standard InChI is InChI=1S/C20H35NO.C5H12O4/c1-8-9-10-17(22)18-15(19(2,3)4)11-14(13-21)12-16(18)20(5,6)7;6-1-5(2-7,3-8)4-9/h11-12,17,22H,8-10,13,21H2,1-7H3;6-9H,1-4H2. The molecule has 0 aromatic heterocycles. The summed E-state index contributed by atoms with van der Waals surface area (Å²) >= 11 is 0. The number of unbranched alkanes of at least 4 members (excludes halogenated alkanes) is 1. The first-order chi connectivity index (χ1) is 14.3. The summed E-state index contributed by atoms with van der Waals surface area (Å²) in [5.41, 5.74) is 9.56. The van der Waals surface area contributed by atoms with Gasteiger partial charge >= 0.3 is 0 Å². The van der Waals surface area contributed by atoms with Crippen LogP contribution in [-0.2, 0) is 17.4 Å². The first-order valence-corrected chi connectivity index (χ1v) is 11.3.